The van der Waals surface area contributed by atoms with E-state index in [1.54, 1.807) is 23.4 Å². The molecule has 0 saturated heterocycles. The Bertz CT molecular complexity index is 470. The summed E-state index contributed by atoms with van der Waals surface area (Å²) in [5.74, 6) is 0. The molecule has 0 aliphatic carbocycles. The maximum atomic E-state index is 4.16. The van der Waals surface area contributed by atoms with Gasteiger partial charge in [-0.3, -0.25) is 10.4 Å². The molecule has 2 aromatic rings. The second-order valence-electron chi connectivity index (χ2n) is 2.54. The maximum absolute atomic E-state index is 4.16. The molecule has 0 radical (unpaired) electrons. The highest BCUT2D eigenvalue weighted by Gasteiger charge is 2.09. The van der Waals surface area contributed by atoms with Crippen LogP contribution in [0.4, 0.5) is 5.69 Å². The van der Waals surface area contributed by atoms with E-state index in [2.05, 4.69) is 20.6 Å². The van der Waals surface area contributed by atoms with Crippen molar-refractivity contribution < 1.29 is 0 Å². The van der Waals surface area contributed by atoms with Crippen LogP contribution in [0.15, 0.2) is 23.6 Å². The fourth-order valence-corrected chi connectivity index (χ4v) is 1.31. The third kappa shape index (κ3) is 0.554. The Morgan fingerprint density at radius 1 is 1.42 bits per heavy atom. The standard InChI is InChI=1S/C7H5N5/c1-2-8-6-3-10-12-4-9-11-5(1)7(6)12/h1-4,11H. The number of aromatic nitrogens is 3. The van der Waals surface area contributed by atoms with Crippen molar-refractivity contribution in [1.29, 1.82) is 0 Å². The molecule has 0 fully saturated rings. The van der Waals surface area contributed by atoms with Gasteiger partial charge in [-0.05, 0) is 6.07 Å². The van der Waals surface area contributed by atoms with E-state index in [0.29, 0.717) is 0 Å². The molecule has 1 N–H and O–H groups in total. The molecule has 0 bridgehead atoms. The van der Waals surface area contributed by atoms with Crippen molar-refractivity contribution in [3.8, 4) is 0 Å². The lowest BCUT2D eigenvalue weighted by Gasteiger charge is -2.07. The summed E-state index contributed by atoms with van der Waals surface area (Å²) in [5, 5.41) is 8.00. The molecule has 0 spiro atoms. The number of nitrogens with one attached hydrogen (secondary N) is 1. The molecule has 58 valence electrons. The van der Waals surface area contributed by atoms with Gasteiger partial charge < -0.3 is 0 Å². The smallest absolute Gasteiger partial charge is 0.138 e. The summed E-state index contributed by atoms with van der Waals surface area (Å²) in [6.07, 6.45) is 5.08. The lowest BCUT2D eigenvalue weighted by molar-refractivity contribution is 0.971. The lowest BCUT2D eigenvalue weighted by Crippen LogP contribution is -2.07. The summed E-state index contributed by atoms with van der Waals surface area (Å²) in [6, 6.07) is 1.87. The minimum absolute atomic E-state index is 0.881. The molecule has 3 heterocycles. The van der Waals surface area contributed by atoms with Crippen LogP contribution in [0.2, 0.25) is 0 Å². The molecule has 0 aromatic carbocycles. The van der Waals surface area contributed by atoms with Gasteiger partial charge in [0, 0.05) is 6.20 Å². The molecule has 0 unspecified atom stereocenters. The van der Waals surface area contributed by atoms with Crippen LogP contribution in [0.1, 0.15) is 0 Å². The first kappa shape index (κ1) is 5.70. The van der Waals surface area contributed by atoms with Crippen LogP contribution < -0.4 is 5.43 Å². The highest BCUT2D eigenvalue weighted by Crippen LogP contribution is 2.21. The normalized spacial score (nSPS) is 13.3. The quantitative estimate of drug-likeness (QED) is 0.614. The lowest BCUT2D eigenvalue weighted by atomic mass is 10.3. The number of pyridine rings is 1. The average Bonchev–Trinajstić information content (AvgIpc) is 2.52. The van der Waals surface area contributed by atoms with E-state index >= 15 is 0 Å². The van der Waals surface area contributed by atoms with Crippen molar-refractivity contribution >= 4 is 23.1 Å². The Hall–Kier alpha value is -1.91. The van der Waals surface area contributed by atoms with E-state index in [9.17, 15) is 0 Å². The zero-order valence-corrected chi connectivity index (χ0v) is 6.10. The van der Waals surface area contributed by atoms with Crippen LogP contribution in [-0.4, -0.2) is 21.1 Å². The van der Waals surface area contributed by atoms with Crippen LogP contribution in [0, 0.1) is 0 Å². The molecule has 5 nitrogen and oxygen atoms in total. The highest BCUT2D eigenvalue weighted by molar-refractivity contribution is 5.93. The molecular formula is C7H5N5. The number of hydrazone groups is 1. The Morgan fingerprint density at radius 3 is 3.42 bits per heavy atom. The largest absolute Gasteiger partial charge is 0.275 e. The van der Waals surface area contributed by atoms with Gasteiger partial charge in [0.25, 0.3) is 0 Å². The van der Waals surface area contributed by atoms with Gasteiger partial charge in [-0.25, -0.2) is 4.68 Å². The Morgan fingerprint density at radius 2 is 2.42 bits per heavy atom. The van der Waals surface area contributed by atoms with Crippen LogP contribution in [-0.2, 0) is 0 Å². The first-order valence-electron chi connectivity index (χ1n) is 3.56. The van der Waals surface area contributed by atoms with Crippen LogP contribution in [0.5, 0.6) is 0 Å². The zero-order valence-electron chi connectivity index (χ0n) is 6.10. The van der Waals surface area contributed by atoms with Gasteiger partial charge in [-0.15, -0.1) is 0 Å². The van der Waals surface area contributed by atoms with Crippen molar-refractivity contribution in [3.63, 3.8) is 0 Å². The number of nitrogens with zero attached hydrogens (tertiary/aromatic N) is 4. The van der Waals surface area contributed by atoms with Crippen molar-refractivity contribution in [3.05, 3.63) is 18.5 Å². The molecule has 0 amide bonds. The first-order chi connectivity index (χ1) is 5.95. The van der Waals surface area contributed by atoms with Gasteiger partial charge in [0.05, 0.1) is 11.9 Å². The molecule has 1 aliphatic rings. The number of rotatable bonds is 0. The summed E-state index contributed by atoms with van der Waals surface area (Å²) in [4.78, 5) is 4.16. The fourth-order valence-electron chi connectivity index (χ4n) is 1.31. The summed E-state index contributed by atoms with van der Waals surface area (Å²) < 4.78 is 1.70. The van der Waals surface area contributed by atoms with E-state index in [4.69, 9.17) is 0 Å². The van der Waals surface area contributed by atoms with E-state index in [1.807, 2.05) is 6.07 Å². The SMILES string of the molecule is C1=NNc2ccnc3cnn1c23. The van der Waals surface area contributed by atoms with Gasteiger partial charge in [-0.2, -0.15) is 10.2 Å². The van der Waals surface area contributed by atoms with E-state index in [1.165, 1.54) is 0 Å². The molecule has 0 atom stereocenters. The minimum Gasteiger partial charge on any atom is -0.275 e. The van der Waals surface area contributed by atoms with Crippen molar-refractivity contribution in [2.75, 3.05) is 5.43 Å². The van der Waals surface area contributed by atoms with Gasteiger partial charge in [0.1, 0.15) is 17.4 Å². The molecule has 1 aliphatic heterocycles. The third-order valence-electron chi connectivity index (χ3n) is 1.84. The molecular weight excluding hydrogens is 154 g/mol. The summed E-state index contributed by atoms with van der Waals surface area (Å²) >= 11 is 0. The minimum atomic E-state index is 0.881. The van der Waals surface area contributed by atoms with Crippen molar-refractivity contribution in [2.24, 2.45) is 5.10 Å². The third-order valence-corrected chi connectivity index (χ3v) is 1.84. The average molecular weight is 159 g/mol. The number of hydrogen-bond donors (Lipinski definition) is 1. The van der Waals surface area contributed by atoms with Gasteiger partial charge in [0.15, 0.2) is 0 Å². The molecule has 0 saturated carbocycles. The second-order valence-corrected chi connectivity index (χ2v) is 2.54. The molecule has 2 aromatic heterocycles. The van der Waals surface area contributed by atoms with E-state index in [-0.39, 0.29) is 0 Å². The van der Waals surface area contributed by atoms with Crippen LogP contribution >= 0.6 is 0 Å². The Labute approximate surface area is 67.7 Å². The van der Waals surface area contributed by atoms with Gasteiger partial charge >= 0.3 is 0 Å². The van der Waals surface area contributed by atoms with Crippen LogP contribution in [0.25, 0.3) is 11.0 Å². The van der Waals surface area contributed by atoms with E-state index in [0.717, 1.165) is 16.7 Å². The first-order valence-corrected chi connectivity index (χ1v) is 3.56. The zero-order chi connectivity index (χ0) is 7.97. The summed E-state index contributed by atoms with van der Waals surface area (Å²) in [7, 11) is 0. The predicted molar refractivity (Wildman–Crippen MR) is 45.0 cm³/mol. The van der Waals surface area contributed by atoms with Crippen molar-refractivity contribution in [1.82, 2.24) is 14.8 Å². The van der Waals surface area contributed by atoms with Gasteiger partial charge in [0.2, 0.25) is 0 Å². The predicted octanol–water partition coefficient (Wildman–Crippen LogP) is 0.648. The van der Waals surface area contributed by atoms with Gasteiger partial charge in [-0.1, -0.05) is 0 Å². The monoisotopic (exact) mass is 159 g/mol. The molecule has 5 heteroatoms. The number of hydrogen-bond acceptors (Lipinski definition) is 4. The molecule has 12 heavy (non-hydrogen) atoms. The van der Waals surface area contributed by atoms with Crippen molar-refractivity contribution in [2.45, 2.75) is 0 Å². The topological polar surface area (TPSA) is 55.1 Å². The van der Waals surface area contributed by atoms with E-state index < -0.39 is 0 Å². The Kier molecular flexibility index (Phi) is 0.864. The molecule has 3 rings (SSSR count). The maximum Gasteiger partial charge on any atom is 0.138 e. The summed E-state index contributed by atoms with van der Waals surface area (Å²) in [5.41, 5.74) is 5.69. The highest BCUT2D eigenvalue weighted by atomic mass is 15.4. The summed E-state index contributed by atoms with van der Waals surface area (Å²) in [6.45, 7) is 0. The number of anilines is 1. The second kappa shape index (κ2) is 1.82. The fraction of sp³-hybridized carbons (Fsp3) is 0. The Balaban J connectivity index is 2.57. The van der Waals surface area contributed by atoms with Crippen LogP contribution in [0.3, 0.4) is 0 Å².